The largest absolute Gasteiger partial charge is 0.363 e. The van der Waals surface area contributed by atoms with Crippen LogP contribution in [0.5, 0.6) is 0 Å². The maximum Gasteiger partial charge on any atom is 0.248 e. The van der Waals surface area contributed by atoms with Crippen molar-refractivity contribution in [1.29, 1.82) is 0 Å². The summed E-state index contributed by atoms with van der Waals surface area (Å²) in [7, 11) is 3.30. The number of aryl methyl sites for hydroxylation is 2. The van der Waals surface area contributed by atoms with Gasteiger partial charge >= 0.3 is 0 Å². The molecule has 6 N–H and O–H groups in total. The first kappa shape index (κ1) is 51.6. The molecule has 0 radical (unpaired) electrons. The number of benzene rings is 2. The highest BCUT2D eigenvalue weighted by Gasteiger charge is 2.43. The Labute approximate surface area is 401 Å². The van der Waals surface area contributed by atoms with Gasteiger partial charge in [0.2, 0.25) is 35.4 Å². The predicted octanol–water partition coefficient (Wildman–Crippen LogP) is 2.36. The first-order valence-electron chi connectivity index (χ1n) is 24.3. The third-order valence-electron chi connectivity index (χ3n) is 13.8. The molecule has 0 spiro atoms. The zero-order chi connectivity index (χ0) is 48.7. The topological polar surface area (TPSA) is 200 Å². The van der Waals surface area contributed by atoms with Crippen LogP contribution in [0, 0.1) is 23.7 Å². The monoisotopic (exact) mass is 935 g/mol. The summed E-state index contributed by atoms with van der Waals surface area (Å²) in [5.74, 6) is 9.10. The highest BCUT2D eigenvalue weighted by Crippen LogP contribution is 2.32. The minimum atomic E-state index is -1.09. The Hall–Kier alpha value is -5.78. The summed E-state index contributed by atoms with van der Waals surface area (Å²) in [5, 5.41) is 17.9. The molecule has 2 saturated heterocycles. The van der Waals surface area contributed by atoms with Crippen LogP contribution < -0.4 is 31.9 Å². The molecule has 2 aromatic carbocycles. The lowest BCUT2D eigenvalue weighted by molar-refractivity contribution is -0.145. The number of amides is 6. The molecule has 4 aliphatic rings. The summed E-state index contributed by atoms with van der Waals surface area (Å²) in [6, 6.07) is 11.3. The molecule has 2 fully saturated rings. The molecular weight excluding hydrogens is 865 g/mol. The normalized spacial score (nSPS) is 22.2. The van der Waals surface area contributed by atoms with E-state index in [2.05, 4.69) is 67.7 Å². The highest BCUT2D eigenvalue weighted by molar-refractivity contribution is 5.95. The molecule has 6 amide bonds. The van der Waals surface area contributed by atoms with Crippen LogP contribution in [0.15, 0.2) is 48.5 Å². The van der Waals surface area contributed by atoms with Gasteiger partial charge in [-0.25, -0.2) is 0 Å². The van der Waals surface area contributed by atoms with Gasteiger partial charge in [-0.2, -0.15) is 0 Å². The van der Waals surface area contributed by atoms with Crippen LogP contribution in [0.2, 0.25) is 0 Å². The van der Waals surface area contributed by atoms with E-state index in [4.69, 9.17) is 9.47 Å². The Morgan fingerprint density at radius 2 is 0.985 bits per heavy atom. The molecule has 68 heavy (non-hydrogen) atoms. The number of hydrogen-bond acceptors (Lipinski definition) is 10. The van der Waals surface area contributed by atoms with Crippen molar-refractivity contribution in [1.82, 2.24) is 41.7 Å². The van der Waals surface area contributed by atoms with Gasteiger partial charge in [-0.1, -0.05) is 60.4 Å². The lowest BCUT2D eigenvalue weighted by Gasteiger charge is -2.33. The maximum absolute atomic E-state index is 14.2. The van der Waals surface area contributed by atoms with Crippen LogP contribution >= 0.6 is 0 Å². The molecular formula is C52H70N8O8. The molecule has 0 saturated carbocycles. The third kappa shape index (κ3) is 13.0. The Morgan fingerprint density at radius 3 is 1.38 bits per heavy atom. The summed E-state index contributed by atoms with van der Waals surface area (Å²) in [5.41, 5.74) is 4.67. The third-order valence-corrected chi connectivity index (χ3v) is 13.8. The number of carbonyl (C=O) groups excluding carboxylic acids is 6. The molecule has 0 aromatic heterocycles. The summed E-state index contributed by atoms with van der Waals surface area (Å²) in [6.07, 6.45) is 6.21. The molecule has 16 heteroatoms. The van der Waals surface area contributed by atoms with Crippen LogP contribution in [-0.4, -0.2) is 134 Å². The number of hydrogen-bond donors (Lipinski definition) is 6. The lowest BCUT2D eigenvalue weighted by atomic mass is 9.87. The fourth-order valence-corrected chi connectivity index (χ4v) is 9.58. The van der Waals surface area contributed by atoms with Crippen LogP contribution in [0.3, 0.4) is 0 Å². The molecule has 2 aromatic rings. The molecule has 2 heterocycles. The second-order valence-corrected chi connectivity index (χ2v) is 18.3. The standard InChI is InChI=1S/C52H70N8O8/c1-33(53-5)47(61)57-45(51(65)59-29-17-27-43(59)49(63)55-41-25-15-21-37-19-9-11-23-39(37)41)35(3)67-31-13-7-8-14-32-68-36(4)46(58-48(62)34(2)54-6)52(66)60-30-18-28-44(60)50(64)56-42-26-16-22-38-20-10-12-24-40(38)42/h9-12,19-20,23-24,33-36,41-46,53-54H,15-18,21-22,25-32H2,1-6H3,(H,55,63)(H,56,64)(H,57,61)(H,58,62)/t33-,34-,35+,36+,41+,42?,43-,44-,45-,46-/m0/s1. The molecule has 1 unspecified atom stereocenters. The van der Waals surface area contributed by atoms with Gasteiger partial charge in [0.05, 0.1) is 36.4 Å². The average Bonchev–Trinajstić information content (AvgIpc) is 4.06. The van der Waals surface area contributed by atoms with Gasteiger partial charge in [0.15, 0.2) is 0 Å². The number of nitrogens with zero attached hydrogens (tertiary/aromatic N) is 2. The molecule has 16 nitrogen and oxygen atoms in total. The van der Waals surface area contributed by atoms with E-state index in [-0.39, 0.29) is 37.1 Å². The van der Waals surface area contributed by atoms with E-state index in [0.29, 0.717) is 38.8 Å². The van der Waals surface area contributed by atoms with Gasteiger partial charge in [-0.05, 0) is 140 Å². The van der Waals surface area contributed by atoms with Crippen LogP contribution in [0.25, 0.3) is 0 Å². The first-order valence-corrected chi connectivity index (χ1v) is 24.3. The van der Waals surface area contributed by atoms with E-state index >= 15 is 0 Å². The molecule has 6 rings (SSSR count). The van der Waals surface area contributed by atoms with Crippen molar-refractivity contribution < 1.29 is 38.2 Å². The van der Waals surface area contributed by atoms with Crippen LogP contribution in [0.4, 0.5) is 0 Å². The van der Waals surface area contributed by atoms with Crippen molar-refractivity contribution >= 4 is 35.4 Å². The number of likely N-dealkylation sites (tertiary alicyclic amines) is 2. The second-order valence-electron chi connectivity index (χ2n) is 18.3. The first-order chi connectivity index (χ1) is 32.8. The molecule has 0 bridgehead atoms. The van der Waals surface area contributed by atoms with Crippen molar-refractivity contribution in [3.05, 3.63) is 70.8 Å². The van der Waals surface area contributed by atoms with Gasteiger partial charge in [0.25, 0.3) is 0 Å². The van der Waals surface area contributed by atoms with Crippen LogP contribution in [0.1, 0.15) is 113 Å². The molecule has 366 valence electrons. The average molecular weight is 935 g/mol. The molecule has 2 aliphatic carbocycles. The van der Waals surface area contributed by atoms with Crippen LogP contribution in [-0.2, 0) is 51.1 Å². The van der Waals surface area contributed by atoms with E-state index in [1.54, 1.807) is 51.6 Å². The highest BCUT2D eigenvalue weighted by atomic mass is 16.5. The van der Waals surface area contributed by atoms with Gasteiger partial charge in [-0.3, -0.25) is 28.8 Å². The SMILES string of the molecule is CN[C@@H](C)C(=O)N[C@H](C(=O)N1CCC[C@H]1C(=O)NC1CCCc2ccccc21)[C@@H](C)OCC#CC#CCO[C@H](C)[C@H](NC(=O)[C@H](C)NC)C(=O)N1CCC[C@H]1C(=O)N[C@@H]1CCCc2ccccc21. The van der Waals surface area contributed by atoms with Gasteiger partial charge < -0.3 is 51.2 Å². The number of fused-ring (bicyclic) bond motifs is 2. The van der Waals surface area contributed by atoms with Crippen molar-refractivity contribution in [2.75, 3.05) is 40.4 Å². The van der Waals surface area contributed by atoms with E-state index < -0.39 is 72.1 Å². The number of carbonyl (C=O) groups is 6. The van der Waals surface area contributed by atoms with Crippen molar-refractivity contribution in [2.24, 2.45) is 0 Å². The Balaban J connectivity index is 1.04. The summed E-state index contributed by atoms with van der Waals surface area (Å²) in [6.45, 7) is 7.26. The van der Waals surface area contributed by atoms with Gasteiger partial charge in [-0.15, -0.1) is 0 Å². The number of nitrogens with one attached hydrogen (secondary N) is 6. The number of likely N-dealkylation sites (N-methyl/N-ethyl adjacent to an activating group) is 2. The quantitative estimate of drug-likeness (QED) is 0.121. The predicted molar refractivity (Wildman–Crippen MR) is 257 cm³/mol. The molecule has 2 aliphatic heterocycles. The minimum Gasteiger partial charge on any atom is -0.363 e. The van der Waals surface area contributed by atoms with Gasteiger partial charge in [0.1, 0.15) is 37.4 Å². The fourth-order valence-electron chi connectivity index (χ4n) is 9.58. The number of ether oxygens (including phenoxy) is 2. The smallest absolute Gasteiger partial charge is 0.248 e. The zero-order valence-corrected chi connectivity index (χ0v) is 40.5. The van der Waals surface area contributed by atoms with Crippen molar-refractivity contribution in [3.8, 4) is 23.7 Å². The number of rotatable bonds is 18. The second kappa shape index (κ2) is 25.0. The minimum absolute atomic E-state index is 0.108. The van der Waals surface area contributed by atoms with E-state index in [1.807, 2.05) is 36.4 Å². The summed E-state index contributed by atoms with van der Waals surface area (Å²) < 4.78 is 12.0. The Morgan fingerprint density at radius 1 is 0.588 bits per heavy atom. The zero-order valence-electron chi connectivity index (χ0n) is 40.5. The molecule has 10 atom stereocenters. The fraction of sp³-hybridized carbons (Fsp3) is 0.577. The summed E-state index contributed by atoms with van der Waals surface area (Å²) in [4.78, 5) is 85.3. The summed E-state index contributed by atoms with van der Waals surface area (Å²) >= 11 is 0. The van der Waals surface area contributed by atoms with E-state index in [1.165, 1.54) is 11.1 Å². The van der Waals surface area contributed by atoms with Crippen molar-refractivity contribution in [3.63, 3.8) is 0 Å². The Bertz CT molecular complexity index is 2090. The Kier molecular flexibility index (Phi) is 19.0. The van der Waals surface area contributed by atoms with Gasteiger partial charge in [0, 0.05) is 13.1 Å². The maximum atomic E-state index is 14.2. The van der Waals surface area contributed by atoms with Crippen molar-refractivity contribution in [2.45, 2.75) is 152 Å². The van der Waals surface area contributed by atoms with E-state index in [9.17, 15) is 28.8 Å². The van der Waals surface area contributed by atoms with E-state index in [0.717, 1.165) is 49.7 Å². The lowest BCUT2D eigenvalue weighted by Crippen LogP contribution is -2.59.